The molecule has 0 radical (unpaired) electrons. The summed E-state index contributed by atoms with van der Waals surface area (Å²) in [7, 11) is -3.66. The molecule has 0 spiro atoms. The summed E-state index contributed by atoms with van der Waals surface area (Å²) in [5.74, 6) is 0. The zero-order valence-corrected chi connectivity index (χ0v) is 41.5. The summed E-state index contributed by atoms with van der Waals surface area (Å²) in [6.07, 6.45) is 0. The monoisotopic (exact) mass is 944 g/mol. The third-order valence-corrected chi connectivity index (χ3v) is 19.2. The van der Waals surface area contributed by atoms with Crippen LogP contribution in [-0.4, -0.2) is 8.07 Å². The van der Waals surface area contributed by atoms with Crippen LogP contribution in [0.3, 0.4) is 0 Å². The van der Waals surface area contributed by atoms with Crippen molar-refractivity contribution < 1.29 is 0 Å². The van der Waals surface area contributed by atoms with Crippen LogP contribution in [0.1, 0.15) is 0 Å². The van der Waals surface area contributed by atoms with E-state index in [1.807, 2.05) is 0 Å². The summed E-state index contributed by atoms with van der Waals surface area (Å²) < 4.78 is 0. The molecule has 1 heteroatoms. The number of hydrogen-bond acceptors (Lipinski definition) is 0. The average molecular weight is 945 g/mol. The van der Waals surface area contributed by atoms with E-state index in [2.05, 4.69) is 315 Å². The van der Waals surface area contributed by atoms with Gasteiger partial charge in [-0.2, -0.15) is 0 Å². The number of rotatable bonds is 12. The Labute approximate surface area is 430 Å². The minimum absolute atomic E-state index is 1.17. The van der Waals surface area contributed by atoms with E-state index in [0.29, 0.717) is 0 Å². The summed E-state index contributed by atoms with van der Waals surface area (Å²) in [6, 6.07) is 117. The van der Waals surface area contributed by atoms with E-state index >= 15 is 0 Å². The molecule has 0 saturated carbocycles. The van der Waals surface area contributed by atoms with Crippen molar-refractivity contribution in [2.75, 3.05) is 0 Å². The van der Waals surface area contributed by atoms with Crippen LogP contribution in [0.2, 0.25) is 0 Å². The van der Waals surface area contributed by atoms with Gasteiger partial charge in [-0.3, -0.25) is 0 Å². The quantitative estimate of drug-likeness (QED) is 0.0846. The zero-order chi connectivity index (χ0) is 48.8. The molecule has 0 aliphatic heterocycles. The summed E-state index contributed by atoms with van der Waals surface area (Å²) in [5, 5.41) is 5.23. The first-order valence-electron chi connectivity index (χ1n) is 25.3. The van der Waals surface area contributed by atoms with Crippen LogP contribution in [0, 0.1) is 0 Å². The van der Waals surface area contributed by atoms with Crippen molar-refractivity contribution in [2.24, 2.45) is 0 Å². The highest BCUT2D eigenvalue weighted by atomic mass is 28.3. The average Bonchev–Trinajstić information content (AvgIpc) is 3.49. The first-order valence-corrected chi connectivity index (χ1v) is 27.3. The molecule has 344 valence electrons. The van der Waals surface area contributed by atoms with Crippen LogP contribution in [0.15, 0.2) is 315 Å². The fraction of sp³-hybridized carbons (Fsp3) is 0. The first-order chi connectivity index (χ1) is 36.3. The second-order valence-electron chi connectivity index (χ2n) is 18.6. The highest BCUT2D eigenvalue weighted by molar-refractivity contribution is 7.21. The molecule has 0 N–H and O–H groups in total. The fourth-order valence-electron chi connectivity index (χ4n) is 11.4. The summed E-state index contributed by atoms with van der Waals surface area (Å²) in [6.45, 7) is 0. The van der Waals surface area contributed by atoms with Crippen molar-refractivity contribution in [2.45, 2.75) is 0 Å². The summed E-state index contributed by atoms with van der Waals surface area (Å²) >= 11 is 0. The van der Waals surface area contributed by atoms with E-state index in [9.17, 15) is 0 Å². The molecule has 73 heavy (non-hydrogen) atoms. The van der Waals surface area contributed by atoms with Gasteiger partial charge in [-0.05, 0) is 110 Å². The van der Waals surface area contributed by atoms with Gasteiger partial charge in [-0.15, -0.1) is 0 Å². The SMILES string of the molecule is c1ccc(-c2cc([Si](c3ccccc3)(c3ccccc3)c3cc(-c4ccccc4)c(-c4ccccc4)c(-c4ccccc4)c3-c3ccccc3)c(-c3ccccc3)c(-c3ccccc3)c2-c2ccccc2)cc1. The number of hydrogen-bond donors (Lipinski definition) is 0. The van der Waals surface area contributed by atoms with Gasteiger partial charge in [-0.1, -0.05) is 315 Å². The standard InChI is InChI=1S/C72H52Si/c1-11-31-53(32-12-1)63-51-65(69(57-39-19-5-20-40-57)71(59-43-23-7-24-44-59)67(63)55-35-15-3-16-36-55)73(61-47-27-9-28-48-61,62-49-29-10-30-50-62)66-52-64(54-33-13-2-14-34-54)68(56-37-17-4-18-38-56)72(60-45-25-8-26-46-60)70(66)58-41-21-6-22-42-58/h1-52H. The van der Waals surface area contributed by atoms with Crippen LogP contribution < -0.4 is 20.7 Å². The lowest BCUT2D eigenvalue weighted by atomic mass is 9.82. The molecule has 0 aromatic heterocycles. The maximum Gasteiger partial charge on any atom is 0.180 e. The molecule has 0 aliphatic carbocycles. The predicted octanol–water partition coefficient (Wildman–Crippen LogP) is 16.4. The lowest BCUT2D eigenvalue weighted by Gasteiger charge is -2.40. The van der Waals surface area contributed by atoms with Crippen molar-refractivity contribution in [3.8, 4) is 89.0 Å². The van der Waals surface area contributed by atoms with E-state index < -0.39 is 8.07 Å². The molecular formula is C72H52Si. The van der Waals surface area contributed by atoms with E-state index in [4.69, 9.17) is 0 Å². The van der Waals surface area contributed by atoms with Crippen LogP contribution in [0.25, 0.3) is 89.0 Å². The Morgan fingerprint density at radius 3 is 0.603 bits per heavy atom. The molecule has 0 atom stereocenters. The van der Waals surface area contributed by atoms with Crippen LogP contribution in [-0.2, 0) is 0 Å². The summed E-state index contributed by atoms with van der Waals surface area (Å²) in [4.78, 5) is 0. The third-order valence-electron chi connectivity index (χ3n) is 14.4. The molecule has 0 nitrogen and oxygen atoms in total. The van der Waals surface area contributed by atoms with Crippen molar-refractivity contribution in [3.05, 3.63) is 315 Å². The first kappa shape index (κ1) is 45.0. The van der Waals surface area contributed by atoms with Gasteiger partial charge in [0, 0.05) is 0 Å². The maximum atomic E-state index is 2.63. The molecule has 12 aromatic carbocycles. The largest absolute Gasteiger partial charge is 0.180 e. The lowest BCUT2D eigenvalue weighted by molar-refractivity contribution is 1.54. The van der Waals surface area contributed by atoms with Gasteiger partial charge in [0.1, 0.15) is 0 Å². The van der Waals surface area contributed by atoms with E-state index in [1.54, 1.807) is 0 Å². The van der Waals surface area contributed by atoms with Crippen molar-refractivity contribution in [1.29, 1.82) is 0 Å². The van der Waals surface area contributed by atoms with E-state index in [1.165, 1.54) is 110 Å². The van der Waals surface area contributed by atoms with Crippen molar-refractivity contribution in [1.82, 2.24) is 0 Å². The van der Waals surface area contributed by atoms with Crippen LogP contribution in [0.4, 0.5) is 0 Å². The van der Waals surface area contributed by atoms with Gasteiger partial charge in [0.05, 0.1) is 0 Å². The predicted molar refractivity (Wildman–Crippen MR) is 314 cm³/mol. The molecule has 0 heterocycles. The smallest absolute Gasteiger partial charge is 0.0623 e. The molecule has 12 aromatic rings. The molecule has 0 unspecified atom stereocenters. The van der Waals surface area contributed by atoms with E-state index in [-0.39, 0.29) is 0 Å². The molecule has 0 aliphatic rings. The Morgan fingerprint density at radius 2 is 0.356 bits per heavy atom. The molecule has 0 fully saturated rings. The van der Waals surface area contributed by atoms with Crippen LogP contribution >= 0.6 is 0 Å². The zero-order valence-electron chi connectivity index (χ0n) is 40.5. The summed E-state index contributed by atoms with van der Waals surface area (Å²) in [5.41, 5.74) is 19.1. The van der Waals surface area contributed by atoms with Crippen molar-refractivity contribution in [3.63, 3.8) is 0 Å². The number of benzene rings is 12. The van der Waals surface area contributed by atoms with Gasteiger partial charge in [0.2, 0.25) is 0 Å². The van der Waals surface area contributed by atoms with Gasteiger partial charge in [0.15, 0.2) is 8.07 Å². The normalized spacial score (nSPS) is 11.3. The Hall–Kier alpha value is -9.14. The Balaban J connectivity index is 1.41. The molecular weight excluding hydrogens is 893 g/mol. The molecule has 0 bridgehead atoms. The topological polar surface area (TPSA) is 0 Å². The highest BCUT2D eigenvalue weighted by Crippen LogP contribution is 2.49. The minimum Gasteiger partial charge on any atom is -0.0623 e. The van der Waals surface area contributed by atoms with Gasteiger partial charge < -0.3 is 0 Å². The van der Waals surface area contributed by atoms with Gasteiger partial charge in [-0.25, -0.2) is 0 Å². The molecule has 12 rings (SSSR count). The maximum absolute atomic E-state index is 3.66. The fourth-order valence-corrected chi connectivity index (χ4v) is 16.6. The molecule has 0 amide bonds. The van der Waals surface area contributed by atoms with Crippen molar-refractivity contribution >= 4 is 28.8 Å². The second kappa shape index (κ2) is 20.3. The lowest BCUT2D eigenvalue weighted by Crippen LogP contribution is -2.75. The Bertz CT molecular complexity index is 3500. The Morgan fingerprint density at radius 1 is 0.164 bits per heavy atom. The molecule has 0 saturated heterocycles. The highest BCUT2D eigenvalue weighted by Gasteiger charge is 2.47. The van der Waals surface area contributed by atoms with E-state index in [0.717, 1.165) is 0 Å². The van der Waals surface area contributed by atoms with Gasteiger partial charge >= 0.3 is 0 Å². The third kappa shape index (κ3) is 8.36. The minimum atomic E-state index is -3.66. The second-order valence-corrected chi connectivity index (χ2v) is 22.3. The van der Waals surface area contributed by atoms with Gasteiger partial charge in [0.25, 0.3) is 0 Å². The van der Waals surface area contributed by atoms with Crippen LogP contribution in [0.5, 0.6) is 0 Å². The Kier molecular flexibility index (Phi) is 12.5.